The summed E-state index contributed by atoms with van der Waals surface area (Å²) in [5, 5.41) is 3.41. The van der Waals surface area contributed by atoms with E-state index in [4.69, 9.17) is 4.74 Å². The van der Waals surface area contributed by atoms with Crippen molar-refractivity contribution in [1.82, 2.24) is 5.32 Å². The highest BCUT2D eigenvalue weighted by atomic mass is 32.2. The summed E-state index contributed by atoms with van der Waals surface area (Å²) in [5.74, 6) is 2.50. The molecule has 0 aliphatic rings. The fourth-order valence-electron chi connectivity index (χ4n) is 0.972. The maximum atomic E-state index is 4.98. The fraction of sp³-hybridized carbons (Fsp3) is 1.00. The molecule has 0 radical (unpaired) electrons. The molecule has 0 saturated carbocycles. The van der Waals surface area contributed by atoms with Crippen molar-refractivity contribution in [2.45, 2.75) is 32.7 Å². The first-order chi connectivity index (χ1) is 6.27. The maximum Gasteiger partial charge on any atom is 0.0470 e. The molecule has 0 fully saturated rings. The number of nitrogens with one attached hydrogen (secondary N) is 1. The predicted octanol–water partition coefficient (Wildman–Crippen LogP) is 2.14. The lowest BCUT2D eigenvalue weighted by atomic mass is 10.4. The first kappa shape index (κ1) is 13.3. The Balaban J connectivity index is 2.84. The largest absolute Gasteiger partial charge is 0.385 e. The molecule has 0 aliphatic carbocycles. The third-order valence-corrected chi connectivity index (χ3v) is 2.81. The van der Waals surface area contributed by atoms with Crippen molar-refractivity contribution in [1.29, 1.82) is 0 Å². The van der Waals surface area contributed by atoms with E-state index in [1.165, 1.54) is 24.3 Å². The van der Waals surface area contributed by atoms with Crippen LogP contribution in [0.3, 0.4) is 0 Å². The van der Waals surface area contributed by atoms with Crippen LogP contribution in [-0.4, -0.2) is 37.8 Å². The monoisotopic (exact) mass is 205 g/mol. The minimum absolute atomic E-state index is 0.624. The number of hydrogen-bond acceptors (Lipinski definition) is 3. The van der Waals surface area contributed by atoms with E-state index in [9.17, 15) is 0 Å². The average Bonchev–Trinajstić information content (AvgIpc) is 2.09. The molecule has 0 aliphatic heterocycles. The first-order valence-corrected chi connectivity index (χ1v) is 6.23. The maximum absolute atomic E-state index is 4.98. The zero-order valence-corrected chi connectivity index (χ0v) is 9.95. The quantitative estimate of drug-likeness (QED) is 0.583. The van der Waals surface area contributed by atoms with Crippen LogP contribution in [-0.2, 0) is 4.74 Å². The summed E-state index contributed by atoms with van der Waals surface area (Å²) in [6.45, 7) is 6.42. The minimum atomic E-state index is 0.624. The van der Waals surface area contributed by atoms with Gasteiger partial charge >= 0.3 is 0 Å². The van der Waals surface area contributed by atoms with Crippen LogP contribution in [0, 0.1) is 0 Å². The van der Waals surface area contributed by atoms with Crippen LogP contribution >= 0.6 is 11.8 Å². The molecule has 0 aromatic carbocycles. The molecule has 0 bridgehead atoms. The predicted molar refractivity (Wildman–Crippen MR) is 61.6 cm³/mol. The van der Waals surface area contributed by atoms with Gasteiger partial charge in [0, 0.05) is 19.8 Å². The summed E-state index contributed by atoms with van der Waals surface area (Å²) >= 11 is 2.02. The van der Waals surface area contributed by atoms with E-state index >= 15 is 0 Å². The zero-order chi connectivity index (χ0) is 9.94. The molecule has 13 heavy (non-hydrogen) atoms. The van der Waals surface area contributed by atoms with E-state index in [0.717, 1.165) is 13.2 Å². The van der Waals surface area contributed by atoms with Crippen LogP contribution in [0.2, 0.25) is 0 Å². The molecule has 0 saturated heterocycles. The van der Waals surface area contributed by atoms with Gasteiger partial charge in [-0.05, 0) is 30.9 Å². The van der Waals surface area contributed by atoms with Crippen molar-refractivity contribution in [3.8, 4) is 0 Å². The molecule has 80 valence electrons. The van der Waals surface area contributed by atoms with Gasteiger partial charge in [-0.3, -0.25) is 0 Å². The van der Waals surface area contributed by atoms with Crippen LogP contribution in [0.4, 0.5) is 0 Å². The molecular formula is C10H23NOS. The third-order valence-electron chi connectivity index (χ3n) is 1.66. The third kappa shape index (κ3) is 12.3. The van der Waals surface area contributed by atoms with Gasteiger partial charge < -0.3 is 10.1 Å². The SMILES string of the molecule is COCCCSCCCNC(C)C. The highest BCUT2D eigenvalue weighted by Gasteiger charge is 1.92. The van der Waals surface area contributed by atoms with E-state index < -0.39 is 0 Å². The lowest BCUT2D eigenvalue weighted by Gasteiger charge is -2.07. The van der Waals surface area contributed by atoms with E-state index in [1.807, 2.05) is 11.8 Å². The second kappa shape index (κ2) is 10.4. The van der Waals surface area contributed by atoms with E-state index in [-0.39, 0.29) is 0 Å². The molecule has 3 heteroatoms. The standard InChI is InChI=1S/C10H23NOS/c1-10(2)11-6-4-8-13-9-5-7-12-3/h10-11H,4-9H2,1-3H3. The number of hydrogen-bond donors (Lipinski definition) is 1. The highest BCUT2D eigenvalue weighted by molar-refractivity contribution is 7.99. The van der Waals surface area contributed by atoms with Gasteiger partial charge in [0.25, 0.3) is 0 Å². The summed E-state index contributed by atoms with van der Waals surface area (Å²) < 4.78 is 4.98. The number of ether oxygens (including phenoxy) is 1. The van der Waals surface area contributed by atoms with Crippen LogP contribution in [0.15, 0.2) is 0 Å². The molecule has 0 atom stereocenters. The Labute approximate surface area is 86.8 Å². The summed E-state index contributed by atoms with van der Waals surface area (Å²) in [6, 6.07) is 0.624. The Morgan fingerprint density at radius 1 is 1.23 bits per heavy atom. The lowest BCUT2D eigenvalue weighted by Crippen LogP contribution is -2.23. The van der Waals surface area contributed by atoms with Crippen molar-refractivity contribution in [2.75, 3.05) is 31.8 Å². The molecule has 0 aromatic heterocycles. The summed E-state index contributed by atoms with van der Waals surface area (Å²) in [5.41, 5.74) is 0. The van der Waals surface area contributed by atoms with E-state index in [1.54, 1.807) is 7.11 Å². The topological polar surface area (TPSA) is 21.3 Å². The van der Waals surface area contributed by atoms with E-state index in [2.05, 4.69) is 19.2 Å². The Morgan fingerprint density at radius 3 is 2.54 bits per heavy atom. The fourth-order valence-corrected chi connectivity index (χ4v) is 1.85. The minimum Gasteiger partial charge on any atom is -0.385 e. The zero-order valence-electron chi connectivity index (χ0n) is 9.14. The van der Waals surface area contributed by atoms with Crippen LogP contribution < -0.4 is 5.32 Å². The van der Waals surface area contributed by atoms with Gasteiger partial charge in [0.15, 0.2) is 0 Å². The van der Waals surface area contributed by atoms with Gasteiger partial charge in [-0.1, -0.05) is 13.8 Å². The van der Waals surface area contributed by atoms with Gasteiger partial charge in [-0.25, -0.2) is 0 Å². The number of thioether (sulfide) groups is 1. The van der Waals surface area contributed by atoms with Gasteiger partial charge in [-0.2, -0.15) is 11.8 Å². The first-order valence-electron chi connectivity index (χ1n) is 5.07. The van der Waals surface area contributed by atoms with Crippen LogP contribution in [0.1, 0.15) is 26.7 Å². The van der Waals surface area contributed by atoms with Crippen molar-refractivity contribution < 1.29 is 4.74 Å². The molecule has 0 unspecified atom stereocenters. The average molecular weight is 205 g/mol. The Hall–Kier alpha value is 0.270. The second-order valence-electron chi connectivity index (χ2n) is 3.42. The number of rotatable bonds is 9. The van der Waals surface area contributed by atoms with Gasteiger partial charge in [0.1, 0.15) is 0 Å². The van der Waals surface area contributed by atoms with Crippen molar-refractivity contribution in [2.24, 2.45) is 0 Å². The van der Waals surface area contributed by atoms with Gasteiger partial charge in [0.2, 0.25) is 0 Å². The Bertz CT molecular complexity index is 98.9. The van der Waals surface area contributed by atoms with Gasteiger partial charge in [-0.15, -0.1) is 0 Å². The van der Waals surface area contributed by atoms with Crippen molar-refractivity contribution in [3.63, 3.8) is 0 Å². The summed E-state index contributed by atoms with van der Waals surface area (Å²) in [4.78, 5) is 0. The molecular weight excluding hydrogens is 182 g/mol. The second-order valence-corrected chi connectivity index (χ2v) is 4.65. The summed E-state index contributed by atoms with van der Waals surface area (Å²) in [7, 11) is 1.76. The summed E-state index contributed by atoms with van der Waals surface area (Å²) in [6.07, 6.45) is 2.45. The number of methoxy groups -OCH3 is 1. The molecule has 1 N–H and O–H groups in total. The Morgan fingerprint density at radius 2 is 1.92 bits per heavy atom. The molecule has 0 aromatic rings. The smallest absolute Gasteiger partial charge is 0.0470 e. The molecule has 0 spiro atoms. The normalized spacial score (nSPS) is 11.1. The van der Waals surface area contributed by atoms with Crippen LogP contribution in [0.25, 0.3) is 0 Å². The van der Waals surface area contributed by atoms with Crippen LogP contribution in [0.5, 0.6) is 0 Å². The molecule has 2 nitrogen and oxygen atoms in total. The highest BCUT2D eigenvalue weighted by Crippen LogP contribution is 2.03. The van der Waals surface area contributed by atoms with E-state index in [0.29, 0.717) is 6.04 Å². The van der Waals surface area contributed by atoms with Crippen molar-refractivity contribution in [3.05, 3.63) is 0 Å². The molecule has 0 rings (SSSR count). The lowest BCUT2D eigenvalue weighted by molar-refractivity contribution is 0.200. The van der Waals surface area contributed by atoms with Crippen molar-refractivity contribution >= 4 is 11.8 Å². The molecule has 0 heterocycles. The van der Waals surface area contributed by atoms with Gasteiger partial charge in [0.05, 0.1) is 0 Å². The Kier molecular flexibility index (Phi) is 10.6. The molecule has 0 amide bonds.